The summed E-state index contributed by atoms with van der Waals surface area (Å²) in [6.07, 6.45) is 1.61. The summed E-state index contributed by atoms with van der Waals surface area (Å²) in [4.78, 5) is 16.8. The normalized spacial score (nSPS) is 11.1. The monoisotopic (exact) mass is 493 g/mol. The van der Waals surface area contributed by atoms with Gasteiger partial charge >= 0.3 is 0 Å². The minimum Gasteiger partial charge on any atom is -0.495 e. The van der Waals surface area contributed by atoms with Gasteiger partial charge in [-0.05, 0) is 55.0 Å². The third-order valence-corrected chi connectivity index (χ3v) is 6.73. The van der Waals surface area contributed by atoms with Crippen LogP contribution in [0.1, 0.15) is 11.3 Å². The number of hydrogen-bond acceptors (Lipinski definition) is 5. The Morgan fingerprint density at radius 1 is 1.09 bits per heavy atom. The van der Waals surface area contributed by atoms with Crippen LogP contribution in [-0.2, 0) is 21.4 Å². The van der Waals surface area contributed by atoms with Gasteiger partial charge in [-0.15, -0.1) is 0 Å². The number of carbonyl (C=O) groups is 1. The molecule has 0 aliphatic rings. The molecule has 0 bridgehead atoms. The van der Waals surface area contributed by atoms with Gasteiger partial charge in [0.05, 0.1) is 25.0 Å². The first-order valence-electron chi connectivity index (χ1n) is 9.51. The highest BCUT2D eigenvalue weighted by molar-refractivity contribution is 7.93. The molecular formula is C22H21Cl2N3O4S. The second-order valence-corrected chi connectivity index (χ2v) is 9.60. The highest BCUT2D eigenvalue weighted by atomic mass is 35.5. The summed E-state index contributed by atoms with van der Waals surface area (Å²) in [6.45, 7) is 1.42. The molecule has 1 amide bonds. The molecule has 3 aromatic rings. The number of sulfonamides is 1. The standard InChI is InChI=1S/C22H21Cl2N3O4S/c1-15-6-7-20(31-2)21(9-15)32(29,30)27(19-11-16(23)10-17(24)12-19)14-22(28)26-13-18-5-3-4-8-25-18/h3-12H,13-14H2,1-2H3,(H,26,28). The van der Waals surface area contributed by atoms with Crippen LogP contribution in [0.25, 0.3) is 0 Å². The summed E-state index contributed by atoms with van der Waals surface area (Å²) >= 11 is 12.2. The molecule has 0 radical (unpaired) electrons. The molecule has 168 valence electrons. The number of aromatic nitrogens is 1. The van der Waals surface area contributed by atoms with E-state index < -0.39 is 22.5 Å². The molecule has 1 heterocycles. The van der Waals surface area contributed by atoms with E-state index in [0.717, 1.165) is 4.31 Å². The maximum atomic E-state index is 13.7. The largest absolute Gasteiger partial charge is 0.495 e. The van der Waals surface area contributed by atoms with Gasteiger partial charge in [-0.3, -0.25) is 14.1 Å². The van der Waals surface area contributed by atoms with Crippen molar-refractivity contribution in [1.82, 2.24) is 10.3 Å². The Bertz CT molecular complexity index is 1200. The zero-order valence-electron chi connectivity index (χ0n) is 17.4. The van der Waals surface area contributed by atoms with E-state index in [2.05, 4.69) is 10.3 Å². The number of carbonyl (C=O) groups excluding carboxylic acids is 1. The van der Waals surface area contributed by atoms with Crippen molar-refractivity contribution in [2.75, 3.05) is 18.0 Å². The van der Waals surface area contributed by atoms with E-state index in [1.165, 1.54) is 31.4 Å². The van der Waals surface area contributed by atoms with Crippen molar-refractivity contribution >= 4 is 44.8 Å². The first-order chi connectivity index (χ1) is 15.2. The van der Waals surface area contributed by atoms with E-state index in [1.807, 2.05) is 0 Å². The minimum absolute atomic E-state index is 0.0753. The molecule has 0 fully saturated rings. The van der Waals surface area contributed by atoms with Gasteiger partial charge < -0.3 is 10.1 Å². The molecular weight excluding hydrogens is 473 g/mol. The third-order valence-electron chi connectivity index (χ3n) is 4.50. The Morgan fingerprint density at radius 2 is 1.81 bits per heavy atom. The van der Waals surface area contributed by atoms with E-state index in [-0.39, 0.29) is 32.9 Å². The zero-order valence-corrected chi connectivity index (χ0v) is 19.7. The van der Waals surface area contributed by atoms with Crippen molar-refractivity contribution in [3.05, 3.63) is 82.1 Å². The fourth-order valence-corrected chi connectivity index (χ4v) is 5.14. The highest BCUT2D eigenvalue weighted by Gasteiger charge is 2.30. The molecule has 7 nitrogen and oxygen atoms in total. The average Bonchev–Trinajstić information content (AvgIpc) is 2.76. The van der Waals surface area contributed by atoms with Crippen LogP contribution in [0.2, 0.25) is 10.0 Å². The number of benzene rings is 2. The molecule has 0 atom stereocenters. The van der Waals surface area contributed by atoms with Gasteiger partial charge in [0.25, 0.3) is 10.0 Å². The van der Waals surface area contributed by atoms with Gasteiger partial charge in [0.2, 0.25) is 5.91 Å². The van der Waals surface area contributed by atoms with E-state index in [9.17, 15) is 13.2 Å². The Labute approximate surface area is 197 Å². The first-order valence-corrected chi connectivity index (χ1v) is 11.7. The predicted molar refractivity (Wildman–Crippen MR) is 125 cm³/mol. The molecule has 1 N–H and O–H groups in total. The van der Waals surface area contributed by atoms with Crippen LogP contribution in [0.4, 0.5) is 5.69 Å². The number of rotatable bonds is 8. The lowest BCUT2D eigenvalue weighted by Gasteiger charge is -2.25. The number of amides is 1. The SMILES string of the molecule is COc1ccc(C)cc1S(=O)(=O)N(CC(=O)NCc1ccccn1)c1cc(Cl)cc(Cl)c1. The van der Waals surface area contributed by atoms with E-state index in [4.69, 9.17) is 27.9 Å². The van der Waals surface area contributed by atoms with Crippen LogP contribution < -0.4 is 14.4 Å². The molecule has 0 unspecified atom stereocenters. The quantitative estimate of drug-likeness (QED) is 0.507. The van der Waals surface area contributed by atoms with Crippen molar-refractivity contribution in [1.29, 1.82) is 0 Å². The molecule has 32 heavy (non-hydrogen) atoms. The Morgan fingerprint density at radius 3 is 2.44 bits per heavy atom. The minimum atomic E-state index is -4.22. The number of nitrogens with one attached hydrogen (secondary N) is 1. The average molecular weight is 494 g/mol. The molecule has 3 rings (SSSR count). The van der Waals surface area contributed by atoms with Gasteiger partial charge in [0.1, 0.15) is 17.2 Å². The summed E-state index contributed by atoms with van der Waals surface area (Å²) in [6, 6.07) is 14.4. The second-order valence-electron chi connectivity index (χ2n) is 6.89. The van der Waals surface area contributed by atoms with Crippen molar-refractivity contribution in [2.45, 2.75) is 18.4 Å². The third kappa shape index (κ3) is 5.70. The number of halogens is 2. The summed E-state index contributed by atoms with van der Waals surface area (Å²) < 4.78 is 33.5. The van der Waals surface area contributed by atoms with Crippen LogP contribution in [-0.4, -0.2) is 33.0 Å². The van der Waals surface area contributed by atoms with E-state index in [1.54, 1.807) is 43.5 Å². The smallest absolute Gasteiger partial charge is 0.268 e. The number of anilines is 1. The van der Waals surface area contributed by atoms with Gasteiger partial charge in [0.15, 0.2) is 0 Å². The maximum absolute atomic E-state index is 13.7. The molecule has 10 heteroatoms. The van der Waals surface area contributed by atoms with Crippen LogP contribution in [0.5, 0.6) is 5.75 Å². The van der Waals surface area contributed by atoms with E-state index in [0.29, 0.717) is 11.3 Å². The van der Waals surface area contributed by atoms with Crippen LogP contribution in [0.15, 0.2) is 65.7 Å². The maximum Gasteiger partial charge on any atom is 0.268 e. The zero-order chi connectivity index (χ0) is 23.3. The van der Waals surface area contributed by atoms with Crippen LogP contribution in [0.3, 0.4) is 0 Å². The predicted octanol–water partition coefficient (Wildman–Crippen LogP) is 4.22. The number of nitrogens with zero attached hydrogens (tertiary/aromatic N) is 2. The molecule has 0 saturated carbocycles. The molecule has 1 aromatic heterocycles. The Hall–Kier alpha value is -2.81. The van der Waals surface area contributed by atoms with Crippen LogP contribution >= 0.6 is 23.2 Å². The van der Waals surface area contributed by atoms with Crippen molar-refractivity contribution in [2.24, 2.45) is 0 Å². The Balaban J connectivity index is 1.99. The Kier molecular flexibility index (Phi) is 7.60. The number of pyridine rings is 1. The topological polar surface area (TPSA) is 88.6 Å². The molecule has 2 aromatic carbocycles. The van der Waals surface area contributed by atoms with Gasteiger partial charge in [-0.2, -0.15) is 0 Å². The summed E-state index contributed by atoms with van der Waals surface area (Å²) in [7, 11) is -2.84. The number of aryl methyl sites for hydroxylation is 1. The number of hydrogen-bond donors (Lipinski definition) is 1. The lowest BCUT2D eigenvalue weighted by molar-refractivity contribution is -0.119. The second kappa shape index (κ2) is 10.2. The first kappa shape index (κ1) is 23.8. The van der Waals surface area contributed by atoms with Crippen molar-refractivity contribution < 1.29 is 17.9 Å². The number of methoxy groups -OCH3 is 1. The summed E-state index contributed by atoms with van der Waals surface area (Å²) in [5.41, 5.74) is 1.51. The van der Waals surface area contributed by atoms with Crippen molar-refractivity contribution in [3.8, 4) is 5.75 Å². The highest BCUT2D eigenvalue weighted by Crippen LogP contribution is 2.33. The molecule has 0 aliphatic carbocycles. The number of ether oxygens (including phenoxy) is 1. The molecule has 0 aliphatic heterocycles. The van der Waals surface area contributed by atoms with Crippen LogP contribution in [0, 0.1) is 6.92 Å². The van der Waals surface area contributed by atoms with Gasteiger partial charge in [-0.25, -0.2) is 8.42 Å². The van der Waals surface area contributed by atoms with Gasteiger partial charge in [0, 0.05) is 16.2 Å². The fraction of sp³-hybridized carbons (Fsp3) is 0.182. The summed E-state index contributed by atoms with van der Waals surface area (Å²) in [5.74, 6) is -0.371. The lowest BCUT2D eigenvalue weighted by Crippen LogP contribution is -2.41. The molecule has 0 saturated heterocycles. The van der Waals surface area contributed by atoms with Crippen molar-refractivity contribution in [3.63, 3.8) is 0 Å². The summed E-state index contributed by atoms with van der Waals surface area (Å²) in [5, 5.41) is 3.16. The van der Waals surface area contributed by atoms with E-state index >= 15 is 0 Å². The lowest BCUT2D eigenvalue weighted by atomic mass is 10.2. The fourth-order valence-electron chi connectivity index (χ4n) is 2.98. The van der Waals surface area contributed by atoms with Gasteiger partial charge in [-0.1, -0.05) is 35.3 Å². The molecule has 0 spiro atoms.